The van der Waals surface area contributed by atoms with Gasteiger partial charge in [-0.25, -0.2) is 0 Å². The summed E-state index contributed by atoms with van der Waals surface area (Å²) in [5.41, 5.74) is 7.34. The van der Waals surface area contributed by atoms with Crippen molar-refractivity contribution >= 4 is 0 Å². The Bertz CT molecular complexity index is 341. The summed E-state index contributed by atoms with van der Waals surface area (Å²) in [4.78, 5) is 0. The monoisotopic (exact) mass is 494 g/mol. The summed E-state index contributed by atoms with van der Waals surface area (Å²) in [5.74, 6) is 0. The predicted octanol–water partition coefficient (Wildman–Crippen LogP) is 7.30. The van der Waals surface area contributed by atoms with Crippen molar-refractivity contribution in [2.45, 2.75) is 73.6 Å². The second-order valence-electron chi connectivity index (χ2n) is 5.67. The third-order valence-electron chi connectivity index (χ3n) is 4.09. The van der Waals surface area contributed by atoms with Gasteiger partial charge in [-0.3, -0.25) is 0 Å². The summed E-state index contributed by atoms with van der Waals surface area (Å²) < 4.78 is 0. The molecular weight excluding hydrogens is 456 g/mol. The Balaban J connectivity index is -0.000000271. The number of hydrogen-bond acceptors (Lipinski definition) is 0. The first-order chi connectivity index (χ1) is 10.4. The van der Waals surface area contributed by atoms with Crippen molar-refractivity contribution < 1.29 is 20.1 Å². The van der Waals surface area contributed by atoms with Crippen molar-refractivity contribution in [2.75, 3.05) is 0 Å². The van der Waals surface area contributed by atoms with Gasteiger partial charge >= 0.3 is 0 Å². The Kier molecular flexibility index (Phi) is 21.2. The molecule has 2 radical (unpaired) electrons. The molecule has 0 amide bonds. The van der Waals surface area contributed by atoms with E-state index in [1.807, 2.05) is 12.2 Å². The molecule has 0 saturated heterocycles. The van der Waals surface area contributed by atoms with Gasteiger partial charge in [-0.15, -0.1) is 6.58 Å². The molecule has 136 valence electrons. The van der Waals surface area contributed by atoms with E-state index in [1.54, 1.807) is 0 Å². The van der Waals surface area contributed by atoms with Crippen molar-refractivity contribution in [2.24, 2.45) is 0 Å². The molecule has 0 heterocycles. The van der Waals surface area contributed by atoms with Crippen LogP contribution in [0.2, 0.25) is 0 Å². The average Bonchev–Trinajstić information content (AvgIpc) is 2.70. The van der Waals surface area contributed by atoms with Crippen molar-refractivity contribution in [1.29, 1.82) is 0 Å². The molecule has 0 fully saturated rings. The molecule has 23 heavy (non-hydrogen) atoms. The summed E-state index contributed by atoms with van der Waals surface area (Å²) in [7, 11) is 0. The molecule has 0 N–H and O–H groups in total. The summed E-state index contributed by atoms with van der Waals surface area (Å²) in [6.45, 7) is 23.9. The average molecular weight is 494 g/mol. The van der Waals surface area contributed by atoms with Crippen LogP contribution in [0.4, 0.5) is 0 Å². The molecule has 0 aliphatic rings. The third kappa shape index (κ3) is 12.6. The fourth-order valence-corrected chi connectivity index (χ4v) is 1.98. The molecule has 1 rings (SSSR count). The number of allylic oxidation sites excluding steroid dienone is 3. The Morgan fingerprint density at radius 1 is 1.04 bits per heavy atom. The van der Waals surface area contributed by atoms with Gasteiger partial charge in [0.1, 0.15) is 0 Å². The first kappa shape index (κ1) is 27.3. The Morgan fingerprint density at radius 2 is 1.52 bits per heavy atom. The fraction of sp³-hybridized carbons (Fsp3) is 0.500. The van der Waals surface area contributed by atoms with Gasteiger partial charge in [-0.05, 0) is 19.8 Å². The van der Waals surface area contributed by atoms with Crippen LogP contribution in [0.25, 0.3) is 0 Å². The van der Waals surface area contributed by atoms with Crippen LogP contribution < -0.4 is 0 Å². The minimum absolute atomic E-state index is 0. The summed E-state index contributed by atoms with van der Waals surface area (Å²) in [5, 5.41) is 0. The van der Waals surface area contributed by atoms with Gasteiger partial charge in [0.15, 0.2) is 0 Å². The molecule has 0 saturated carbocycles. The first-order valence-corrected chi connectivity index (χ1v) is 8.42. The van der Waals surface area contributed by atoms with Gasteiger partial charge in [0.25, 0.3) is 0 Å². The van der Waals surface area contributed by atoms with Gasteiger partial charge in [0.2, 0.25) is 0 Å². The number of rotatable bonds is 5. The van der Waals surface area contributed by atoms with Gasteiger partial charge in [0.05, 0.1) is 0 Å². The van der Waals surface area contributed by atoms with Crippen molar-refractivity contribution in [3.8, 4) is 0 Å². The van der Waals surface area contributed by atoms with E-state index in [0.717, 1.165) is 12.8 Å². The van der Waals surface area contributed by atoms with E-state index >= 15 is 0 Å². The Hall–Kier alpha value is -0.521. The van der Waals surface area contributed by atoms with Crippen LogP contribution >= 0.6 is 0 Å². The van der Waals surface area contributed by atoms with E-state index in [1.165, 1.54) is 47.1 Å². The molecule has 0 aliphatic heterocycles. The minimum atomic E-state index is 0. The molecule has 1 aromatic rings. The van der Waals surface area contributed by atoms with Crippen LogP contribution in [0, 0.1) is 48.5 Å². The van der Waals surface area contributed by atoms with Gasteiger partial charge in [0, 0.05) is 20.1 Å². The normalized spacial score (nSPS) is 9.39. The zero-order chi connectivity index (χ0) is 17.5. The van der Waals surface area contributed by atoms with Crippen molar-refractivity contribution in [3.63, 3.8) is 0 Å². The van der Waals surface area contributed by atoms with E-state index < -0.39 is 0 Å². The van der Waals surface area contributed by atoms with E-state index in [9.17, 15) is 0 Å². The predicted molar refractivity (Wildman–Crippen MR) is 105 cm³/mol. The van der Waals surface area contributed by atoms with Crippen molar-refractivity contribution in [1.82, 2.24) is 0 Å². The van der Waals surface area contributed by atoms with E-state index in [2.05, 4.69) is 68.0 Å². The van der Waals surface area contributed by atoms with Crippen LogP contribution in [0.15, 0.2) is 24.8 Å². The fourth-order valence-electron chi connectivity index (χ4n) is 1.98. The largest absolute Gasteiger partial charge is 0.343 e. The van der Waals surface area contributed by atoms with Gasteiger partial charge < -0.3 is 6.92 Å². The second-order valence-corrected chi connectivity index (χ2v) is 5.67. The summed E-state index contributed by atoms with van der Waals surface area (Å²) >= 11 is 0. The van der Waals surface area contributed by atoms with E-state index in [0.29, 0.717) is 0 Å². The van der Waals surface area contributed by atoms with Gasteiger partial charge in [-0.2, -0.15) is 34.2 Å². The number of unbranched alkanes of at least 4 members (excludes halogenated alkanes) is 3. The van der Waals surface area contributed by atoms with Crippen LogP contribution in [0.1, 0.15) is 66.8 Å². The molecule has 0 aliphatic carbocycles. The molecule has 0 aromatic heterocycles. The minimum Gasteiger partial charge on any atom is -0.343 e. The molecule has 0 unspecified atom stereocenters. The smallest absolute Gasteiger partial charge is 0 e. The van der Waals surface area contributed by atoms with Crippen molar-refractivity contribution in [3.05, 3.63) is 66.5 Å². The molecule has 1 heteroatoms. The third-order valence-corrected chi connectivity index (χ3v) is 4.09. The Morgan fingerprint density at radius 3 is 1.65 bits per heavy atom. The Labute approximate surface area is 160 Å². The van der Waals surface area contributed by atoms with Gasteiger partial charge in [-0.1, -0.05) is 72.6 Å². The maximum atomic E-state index is 3.68. The van der Waals surface area contributed by atoms with E-state index in [4.69, 9.17) is 0 Å². The molecule has 0 nitrogen and oxygen atoms in total. The quantitative estimate of drug-likeness (QED) is 0.229. The number of hydrogen-bond donors (Lipinski definition) is 0. The maximum Gasteiger partial charge on any atom is 0 e. The second kappa shape index (κ2) is 17.8. The van der Waals surface area contributed by atoms with Crippen LogP contribution in [0.5, 0.6) is 0 Å². The zero-order valence-corrected chi connectivity index (χ0v) is 18.6. The standard InChI is InChI=1S/C10H15.2C6H11.Ir/c1-6-7(2)9(4)10(5)8(6)3;2*1-3-5-6-4-2;/h1-5H3;3,5H,1,4,6H2,2H3;3H,1-2,4-6H2;/q-1;;-1;/b;5-3+;;. The molecule has 0 spiro atoms. The summed E-state index contributed by atoms with van der Waals surface area (Å²) in [6, 6.07) is 0. The topological polar surface area (TPSA) is 0 Å². The zero-order valence-electron chi connectivity index (χ0n) is 16.2. The molecular formula is C22H37Ir-2. The summed E-state index contributed by atoms with van der Waals surface area (Å²) in [6.07, 6.45) is 11.6. The molecule has 0 bridgehead atoms. The first-order valence-electron chi connectivity index (χ1n) is 8.42. The van der Waals surface area contributed by atoms with Crippen LogP contribution in [-0.4, -0.2) is 0 Å². The molecule has 1 aromatic carbocycles. The van der Waals surface area contributed by atoms with E-state index in [-0.39, 0.29) is 20.1 Å². The molecule has 0 atom stereocenters. The SMILES string of the molecule is C=CCCC[CH2-].Cc1c(C)c(C)[c-](C)c1C.[CH2]/C=C/CCC.[Ir]. The van der Waals surface area contributed by atoms with Crippen LogP contribution in [0.3, 0.4) is 0 Å². The maximum absolute atomic E-state index is 3.68. The van der Waals surface area contributed by atoms with Crippen LogP contribution in [-0.2, 0) is 20.1 Å².